The Morgan fingerprint density at radius 2 is 1.56 bits per heavy atom. The fourth-order valence-electron chi connectivity index (χ4n) is 1.56. The van der Waals surface area contributed by atoms with E-state index in [1.54, 1.807) is 24.3 Å². The summed E-state index contributed by atoms with van der Waals surface area (Å²) < 4.78 is 24.1. The van der Waals surface area contributed by atoms with Crippen LogP contribution in [0.1, 0.15) is 5.56 Å². The van der Waals surface area contributed by atoms with E-state index in [4.69, 9.17) is 0 Å². The summed E-state index contributed by atoms with van der Waals surface area (Å²) in [7, 11) is -3.29. The smallest absolute Gasteiger partial charge is 0.196 e. The summed E-state index contributed by atoms with van der Waals surface area (Å²) in [5.74, 6) is -0.0971. The quantitative estimate of drug-likeness (QED) is 0.920. The number of anilines is 1. The number of sulfone groups is 1. The Labute approximate surface area is 107 Å². The second kappa shape index (κ2) is 5.23. The molecule has 0 saturated carbocycles. The van der Waals surface area contributed by atoms with Crippen LogP contribution < -0.4 is 5.32 Å². The fraction of sp³-hybridized carbons (Fsp3) is 0.143. The van der Waals surface area contributed by atoms with Crippen molar-refractivity contribution in [2.75, 3.05) is 11.2 Å². The van der Waals surface area contributed by atoms with Gasteiger partial charge in [-0.1, -0.05) is 35.9 Å². The Kier molecular flexibility index (Phi) is 3.67. The summed E-state index contributed by atoms with van der Waals surface area (Å²) in [6, 6.07) is 16.2. The average molecular weight is 261 g/mol. The molecular weight excluding hydrogens is 246 g/mol. The van der Waals surface area contributed by atoms with Crippen LogP contribution in [0.4, 0.5) is 5.69 Å². The van der Waals surface area contributed by atoms with Crippen LogP contribution in [0.3, 0.4) is 0 Å². The van der Waals surface area contributed by atoms with Gasteiger partial charge in [0, 0.05) is 5.69 Å². The van der Waals surface area contributed by atoms with Crippen LogP contribution in [-0.4, -0.2) is 14.3 Å². The molecule has 0 saturated heterocycles. The van der Waals surface area contributed by atoms with Gasteiger partial charge in [0.2, 0.25) is 0 Å². The maximum Gasteiger partial charge on any atom is 0.196 e. The highest BCUT2D eigenvalue weighted by Crippen LogP contribution is 2.13. The van der Waals surface area contributed by atoms with E-state index >= 15 is 0 Å². The number of hydrogen-bond donors (Lipinski definition) is 1. The lowest BCUT2D eigenvalue weighted by atomic mass is 10.2. The lowest BCUT2D eigenvalue weighted by Gasteiger charge is -2.07. The number of benzene rings is 2. The monoisotopic (exact) mass is 261 g/mol. The first-order chi connectivity index (χ1) is 8.58. The highest BCUT2D eigenvalue weighted by molar-refractivity contribution is 7.91. The number of nitrogens with one attached hydrogen (secondary N) is 1. The molecule has 0 heterocycles. The first-order valence-electron chi connectivity index (χ1n) is 5.66. The van der Waals surface area contributed by atoms with Gasteiger partial charge in [0.1, 0.15) is 5.88 Å². The van der Waals surface area contributed by atoms with Crippen molar-refractivity contribution < 1.29 is 8.42 Å². The van der Waals surface area contributed by atoms with E-state index < -0.39 is 9.84 Å². The van der Waals surface area contributed by atoms with Crippen LogP contribution in [-0.2, 0) is 9.84 Å². The molecule has 0 bridgehead atoms. The average Bonchev–Trinajstić information content (AvgIpc) is 2.38. The molecule has 0 amide bonds. The van der Waals surface area contributed by atoms with Crippen LogP contribution in [0.5, 0.6) is 0 Å². The summed E-state index contributed by atoms with van der Waals surface area (Å²) in [6.45, 7) is 1.93. The normalized spacial score (nSPS) is 11.2. The van der Waals surface area contributed by atoms with Crippen LogP contribution in [0, 0.1) is 6.92 Å². The van der Waals surface area contributed by atoms with E-state index in [1.165, 1.54) is 0 Å². The summed E-state index contributed by atoms with van der Waals surface area (Å²) in [5, 5.41) is 2.91. The van der Waals surface area contributed by atoms with Gasteiger partial charge in [-0.05, 0) is 31.2 Å². The van der Waals surface area contributed by atoms with Crippen molar-refractivity contribution in [1.82, 2.24) is 0 Å². The third kappa shape index (κ3) is 3.11. The van der Waals surface area contributed by atoms with Gasteiger partial charge in [-0.2, -0.15) is 0 Å². The van der Waals surface area contributed by atoms with E-state index in [2.05, 4.69) is 5.32 Å². The number of para-hydroxylation sites is 1. The SMILES string of the molecule is Cc1ccc(S(=O)(=O)CNc2ccccc2)cc1. The van der Waals surface area contributed by atoms with Crippen molar-refractivity contribution in [3.05, 3.63) is 60.2 Å². The van der Waals surface area contributed by atoms with E-state index in [1.807, 2.05) is 37.3 Å². The summed E-state index contributed by atoms with van der Waals surface area (Å²) >= 11 is 0. The molecule has 0 aliphatic heterocycles. The predicted octanol–water partition coefficient (Wildman–Crippen LogP) is 2.84. The molecule has 4 heteroatoms. The molecular formula is C14H15NO2S. The van der Waals surface area contributed by atoms with Crippen molar-refractivity contribution in [3.8, 4) is 0 Å². The third-order valence-electron chi connectivity index (χ3n) is 2.62. The Morgan fingerprint density at radius 1 is 0.944 bits per heavy atom. The zero-order valence-corrected chi connectivity index (χ0v) is 10.9. The van der Waals surface area contributed by atoms with Gasteiger partial charge in [0.15, 0.2) is 9.84 Å². The Hall–Kier alpha value is -1.81. The molecule has 0 fully saturated rings. The van der Waals surface area contributed by atoms with Crippen molar-refractivity contribution in [1.29, 1.82) is 0 Å². The lowest BCUT2D eigenvalue weighted by molar-refractivity contribution is 0.598. The minimum atomic E-state index is -3.29. The van der Waals surface area contributed by atoms with Gasteiger partial charge in [0.05, 0.1) is 4.90 Å². The minimum Gasteiger partial charge on any atom is -0.371 e. The zero-order valence-electron chi connectivity index (χ0n) is 10.1. The molecule has 0 aromatic heterocycles. The molecule has 3 nitrogen and oxygen atoms in total. The van der Waals surface area contributed by atoms with Gasteiger partial charge in [-0.15, -0.1) is 0 Å². The summed E-state index contributed by atoms with van der Waals surface area (Å²) in [6.07, 6.45) is 0. The minimum absolute atomic E-state index is 0.0971. The molecule has 2 aromatic carbocycles. The second-order valence-corrected chi connectivity index (χ2v) is 6.10. The van der Waals surface area contributed by atoms with Crippen molar-refractivity contribution in [2.24, 2.45) is 0 Å². The fourth-order valence-corrected chi connectivity index (χ4v) is 2.64. The lowest BCUT2D eigenvalue weighted by Crippen LogP contribution is -2.14. The molecule has 0 atom stereocenters. The molecule has 0 spiro atoms. The molecule has 0 aliphatic carbocycles. The maximum atomic E-state index is 12.1. The van der Waals surface area contributed by atoms with Crippen LogP contribution >= 0.6 is 0 Å². The number of aryl methyl sites for hydroxylation is 1. The van der Waals surface area contributed by atoms with E-state index in [-0.39, 0.29) is 5.88 Å². The highest BCUT2D eigenvalue weighted by atomic mass is 32.2. The number of rotatable bonds is 4. The third-order valence-corrected chi connectivity index (χ3v) is 4.13. The first kappa shape index (κ1) is 12.6. The molecule has 2 rings (SSSR count). The van der Waals surface area contributed by atoms with Gasteiger partial charge in [0.25, 0.3) is 0 Å². The topological polar surface area (TPSA) is 46.2 Å². The molecule has 0 aliphatic rings. The number of hydrogen-bond acceptors (Lipinski definition) is 3. The van der Waals surface area contributed by atoms with Crippen molar-refractivity contribution >= 4 is 15.5 Å². The second-order valence-electron chi connectivity index (χ2n) is 4.11. The molecule has 18 heavy (non-hydrogen) atoms. The van der Waals surface area contributed by atoms with Crippen molar-refractivity contribution in [2.45, 2.75) is 11.8 Å². The van der Waals surface area contributed by atoms with Crippen LogP contribution in [0.15, 0.2) is 59.5 Å². The first-order valence-corrected chi connectivity index (χ1v) is 7.31. The zero-order chi connectivity index (χ0) is 13.0. The predicted molar refractivity (Wildman–Crippen MR) is 73.3 cm³/mol. The van der Waals surface area contributed by atoms with Gasteiger partial charge in [-0.3, -0.25) is 0 Å². The van der Waals surface area contributed by atoms with Crippen LogP contribution in [0.2, 0.25) is 0 Å². The molecule has 2 aromatic rings. The molecule has 0 unspecified atom stereocenters. The molecule has 0 radical (unpaired) electrons. The molecule has 1 N–H and O–H groups in total. The van der Waals surface area contributed by atoms with Gasteiger partial charge in [-0.25, -0.2) is 8.42 Å². The van der Waals surface area contributed by atoms with Gasteiger partial charge >= 0.3 is 0 Å². The Balaban J connectivity index is 2.11. The largest absolute Gasteiger partial charge is 0.371 e. The van der Waals surface area contributed by atoms with E-state index in [9.17, 15) is 8.42 Å². The van der Waals surface area contributed by atoms with E-state index in [0.717, 1.165) is 11.3 Å². The van der Waals surface area contributed by atoms with Crippen molar-refractivity contribution in [3.63, 3.8) is 0 Å². The standard InChI is InChI=1S/C14H15NO2S/c1-12-7-9-14(10-8-12)18(16,17)11-15-13-5-3-2-4-6-13/h2-10,15H,11H2,1H3. The molecule has 94 valence electrons. The summed E-state index contributed by atoms with van der Waals surface area (Å²) in [4.78, 5) is 0.344. The highest BCUT2D eigenvalue weighted by Gasteiger charge is 2.13. The maximum absolute atomic E-state index is 12.1. The Bertz CT molecular complexity index is 604. The summed E-state index contributed by atoms with van der Waals surface area (Å²) in [5.41, 5.74) is 1.85. The van der Waals surface area contributed by atoms with Gasteiger partial charge < -0.3 is 5.32 Å². The Morgan fingerprint density at radius 3 is 2.17 bits per heavy atom. The van der Waals surface area contributed by atoms with E-state index in [0.29, 0.717) is 4.90 Å². The van der Waals surface area contributed by atoms with Crippen LogP contribution in [0.25, 0.3) is 0 Å².